The van der Waals surface area contributed by atoms with Gasteiger partial charge in [-0.2, -0.15) is 0 Å². The molecule has 3 nitrogen and oxygen atoms in total. The van der Waals surface area contributed by atoms with Crippen molar-refractivity contribution in [1.82, 2.24) is 15.3 Å². The van der Waals surface area contributed by atoms with Crippen LogP contribution in [0, 0.1) is 10.5 Å². The fourth-order valence-electron chi connectivity index (χ4n) is 2.30. The van der Waals surface area contributed by atoms with Gasteiger partial charge in [-0.05, 0) is 17.7 Å². The smallest absolute Gasteiger partial charge is 0.134 e. The predicted octanol–water partition coefficient (Wildman–Crippen LogP) is 2.51. The summed E-state index contributed by atoms with van der Waals surface area (Å²) in [6, 6.07) is 6.47. The van der Waals surface area contributed by atoms with Crippen LogP contribution in [-0.4, -0.2) is 16.5 Å². The van der Waals surface area contributed by atoms with E-state index in [1.165, 1.54) is 17.8 Å². The van der Waals surface area contributed by atoms with E-state index in [1.807, 2.05) is 0 Å². The van der Waals surface area contributed by atoms with E-state index < -0.39 is 0 Å². The first kappa shape index (κ1) is 12.4. The van der Waals surface area contributed by atoms with Crippen LogP contribution in [0.3, 0.4) is 0 Å². The van der Waals surface area contributed by atoms with Crippen LogP contribution in [0.2, 0.25) is 0 Å². The maximum absolute atomic E-state index is 12.9. The molecule has 3 rings (SSSR count). The van der Waals surface area contributed by atoms with E-state index in [9.17, 15) is 4.39 Å². The average molecular weight is 275 g/mol. The molecular weight excluding hydrogens is 261 g/mol. The van der Waals surface area contributed by atoms with Crippen LogP contribution < -0.4 is 5.32 Å². The monoisotopic (exact) mass is 275 g/mol. The molecule has 19 heavy (non-hydrogen) atoms. The lowest BCUT2D eigenvalue weighted by atomic mass is 10.1. The molecule has 1 aliphatic rings. The van der Waals surface area contributed by atoms with E-state index in [1.54, 1.807) is 12.1 Å². The molecule has 0 aliphatic carbocycles. The Hall–Kier alpha value is -1.59. The molecule has 0 bridgehead atoms. The molecule has 2 aromatic rings. The van der Waals surface area contributed by atoms with E-state index >= 15 is 0 Å². The number of benzene rings is 1. The summed E-state index contributed by atoms with van der Waals surface area (Å²) in [6.07, 6.45) is 1.59. The first-order chi connectivity index (χ1) is 9.22. The van der Waals surface area contributed by atoms with Gasteiger partial charge in [-0.1, -0.05) is 24.4 Å². The summed E-state index contributed by atoms with van der Waals surface area (Å²) in [6.45, 7) is 1.74. The summed E-state index contributed by atoms with van der Waals surface area (Å²) < 4.78 is 13.5. The number of aromatic amines is 1. The van der Waals surface area contributed by atoms with Gasteiger partial charge >= 0.3 is 0 Å². The second-order valence-electron chi connectivity index (χ2n) is 4.68. The Bertz CT molecular complexity index is 649. The van der Waals surface area contributed by atoms with Crippen molar-refractivity contribution >= 4 is 12.2 Å². The van der Waals surface area contributed by atoms with Gasteiger partial charge in [0.05, 0.1) is 0 Å². The van der Waals surface area contributed by atoms with Crippen molar-refractivity contribution in [3.05, 3.63) is 57.4 Å². The maximum atomic E-state index is 12.9. The van der Waals surface area contributed by atoms with Gasteiger partial charge in [0.2, 0.25) is 0 Å². The molecule has 0 fully saturated rings. The lowest BCUT2D eigenvalue weighted by Gasteiger charge is -2.17. The highest BCUT2D eigenvalue weighted by Gasteiger charge is 2.12. The van der Waals surface area contributed by atoms with Gasteiger partial charge in [0.15, 0.2) is 0 Å². The lowest BCUT2D eigenvalue weighted by molar-refractivity contribution is 0.618. The Kier molecular flexibility index (Phi) is 3.40. The second-order valence-corrected chi connectivity index (χ2v) is 5.06. The fourth-order valence-corrected chi connectivity index (χ4v) is 2.60. The van der Waals surface area contributed by atoms with E-state index in [-0.39, 0.29) is 5.82 Å². The summed E-state index contributed by atoms with van der Waals surface area (Å²) in [5, 5.41) is 3.29. The van der Waals surface area contributed by atoms with Crippen molar-refractivity contribution in [2.75, 3.05) is 6.54 Å². The second kappa shape index (κ2) is 5.19. The number of nitrogens with one attached hydrogen (secondary N) is 2. The summed E-state index contributed by atoms with van der Waals surface area (Å²) in [5.41, 5.74) is 3.30. The number of hydrogen-bond donors (Lipinski definition) is 2. The molecule has 0 spiro atoms. The highest BCUT2D eigenvalue weighted by molar-refractivity contribution is 7.71. The molecule has 1 aromatic heterocycles. The Morgan fingerprint density at radius 2 is 2.05 bits per heavy atom. The Morgan fingerprint density at radius 3 is 2.84 bits per heavy atom. The van der Waals surface area contributed by atoms with Gasteiger partial charge in [0.1, 0.15) is 16.3 Å². The van der Waals surface area contributed by atoms with Crippen LogP contribution in [0.5, 0.6) is 0 Å². The minimum Gasteiger partial charge on any atom is -0.346 e. The molecule has 2 heterocycles. The number of hydrogen-bond acceptors (Lipinski definition) is 3. The van der Waals surface area contributed by atoms with Crippen LogP contribution in [-0.2, 0) is 19.4 Å². The van der Waals surface area contributed by atoms with Crippen LogP contribution >= 0.6 is 12.2 Å². The number of nitrogens with zero attached hydrogens (tertiary/aromatic N) is 1. The number of aromatic nitrogens is 2. The topological polar surface area (TPSA) is 40.7 Å². The zero-order valence-electron chi connectivity index (χ0n) is 10.4. The summed E-state index contributed by atoms with van der Waals surface area (Å²) in [4.78, 5) is 7.79. The molecule has 2 N–H and O–H groups in total. The third-order valence-electron chi connectivity index (χ3n) is 3.29. The Morgan fingerprint density at radius 1 is 1.26 bits per heavy atom. The molecule has 0 unspecified atom stereocenters. The molecule has 0 saturated heterocycles. The summed E-state index contributed by atoms with van der Waals surface area (Å²) in [5.74, 6) is 0.624. The minimum absolute atomic E-state index is 0.221. The normalized spacial score (nSPS) is 14.2. The number of halogens is 1. The van der Waals surface area contributed by atoms with Crippen molar-refractivity contribution in [2.45, 2.75) is 19.4 Å². The zero-order valence-corrected chi connectivity index (χ0v) is 11.2. The van der Waals surface area contributed by atoms with E-state index in [4.69, 9.17) is 12.2 Å². The molecule has 0 saturated carbocycles. The first-order valence-corrected chi connectivity index (χ1v) is 6.69. The van der Waals surface area contributed by atoms with Gasteiger partial charge in [-0.25, -0.2) is 9.37 Å². The van der Waals surface area contributed by atoms with E-state index in [0.717, 1.165) is 36.5 Å². The minimum atomic E-state index is -0.221. The maximum Gasteiger partial charge on any atom is 0.134 e. The fraction of sp³-hybridized carbons (Fsp3) is 0.286. The number of fused-ring (bicyclic) bond motifs is 1. The molecule has 5 heteroatoms. The van der Waals surface area contributed by atoms with Crippen molar-refractivity contribution in [3.63, 3.8) is 0 Å². The largest absolute Gasteiger partial charge is 0.346 e. The van der Waals surface area contributed by atoms with Gasteiger partial charge in [0.25, 0.3) is 0 Å². The molecule has 0 atom stereocenters. The standard InChI is InChI=1S/C14H14FN3S/c15-10-3-1-9(2-4-10)7-13-17-12-5-6-16-8-11(12)14(19)18-13/h1-4,16H,5-8H2,(H,17,18,19). The summed E-state index contributed by atoms with van der Waals surface area (Å²) >= 11 is 5.33. The van der Waals surface area contributed by atoms with Crippen molar-refractivity contribution in [3.8, 4) is 0 Å². The third kappa shape index (κ3) is 2.72. The molecular formula is C14H14FN3S. The number of rotatable bonds is 2. The number of H-pyrrole nitrogens is 1. The summed E-state index contributed by atoms with van der Waals surface area (Å²) in [7, 11) is 0. The first-order valence-electron chi connectivity index (χ1n) is 6.28. The van der Waals surface area contributed by atoms with Crippen LogP contribution in [0.15, 0.2) is 24.3 Å². The molecule has 98 valence electrons. The average Bonchev–Trinajstić information content (AvgIpc) is 2.42. The zero-order chi connectivity index (χ0) is 13.2. The van der Waals surface area contributed by atoms with Gasteiger partial charge in [0, 0.05) is 37.2 Å². The van der Waals surface area contributed by atoms with E-state index in [2.05, 4.69) is 15.3 Å². The van der Waals surface area contributed by atoms with Crippen molar-refractivity contribution < 1.29 is 4.39 Å². The third-order valence-corrected chi connectivity index (χ3v) is 3.63. The molecule has 0 amide bonds. The van der Waals surface area contributed by atoms with Crippen LogP contribution in [0.25, 0.3) is 0 Å². The van der Waals surface area contributed by atoms with Gasteiger partial charge < -0.3 is 10.3 Å². The van der Waals surface area contributed by atoms with Gasteiger partial charge in [-0.3, -0.25) is 0 Å². The van der Waals surface area contributed by atoms with Crippen LogP contribution in [0.4, 0.5) is 4.39 Å². The van der Waals surface area contributed by atoms with Crippen molar-refractivity contribution in [1.29, 1.82) is 0 Å². The Labute approximate surface area is 115 Å². The molecule has 0 radical (unpaired) electrons. The molecule has 1 aliphatic heterocycles. The SMILES string of the molecule is Fc1ccc(Cc2nc(=S)c3c([nH]2)CCNC3)cc1. The molecule has 1 aromatic carbocycles. The van der Waals surface area contributed by atoms with Crippen molar-refractivity contribution in [2.24, 2.45) is 0 Å². The highest BCUT2D eigenvalue weighted by atomic mass is 32.1. The van der Waals surface area contributed by atoms with Crippen LogP contribution in [0.1, 0.15) is 22.6 Å². The lowest BCUT2D eigenvalue weighted by Crippen LogP contribution is -2.26. The highest BCUT2D eigenvalue weighted by Crippen LogP contribution is 2.14. The Balaban J connectivity index is 1.91. The predicted molar refractivity (Wildman–Crippen MR) is 74.0 cm³/mol. The van der Waals surface area contributed by atoms with E-state index in [0.29, 0.717) is 11.1 Å². The van der Waals surface area contributed by atoms with Gasteiger partial charge in [-0.15, -0.1) is 0 Å². The quantitative estimate of drug-likeness (QED) is 0.827.